The van der Waals surface area contributed by atoms with Gasteiger partial charge < -0.3 is 10.1 Å². The zero-order chi connectivity index (χ0) is 7.82. The molecule has 10 heavy (non-hydrogen) atoms. The maximum atomic E-state index is 5.27. The third kappa shape index (κ3) is 7.92. The van der Waals surface area contributed by atoms with Crippen molar-refractivity contribution in [3.8, 4) is 0 Å². The van der Waals surface area contributed by atoms with Crippen LogP contribution < -0.4 is 5.32 Å². The Morgan fingerprint density at radius 3 is 2.50 bits per heavy atom. The van der Waals surface area contributed by atoms with Crippen molar-refractivity contribution in [1.29, 1.82) is 0 Å². The molecule has 0 radical (unpaired) electrons. The lowest BCUT2D eigenvalue weighted by Gasteiger charge is -2.07. The van der Waals surface area contributed by atoms with Gasteiger partial charge in [0.05, 0.1) is 6.61 Å². The molecule has 0 heterocycles. The molecule has 0 unspecified atom stereocenters. The van der Waals surface area contributed by atoms with E-state index in [1.165, 1.54) is 0 Å². The first kappa shape index (κ1) is 9.92. The van der Waals surface area contributed by atoms with Gasteiger partial charge in [-0.3, -0.25) is 0 Å². The highest BCUT2D eigenvalue weighted by atomic mass is 16.5. The first-order valence-corrected chi connectivity index (χ1v) is 4.08. The van der Waals surface area contributed by atoms with E-state index in [9.17, 15) is 0 Å². The predicted octanol–water partition coefficient (Wildman–Crippen LogP) is 1.41. The zero-order valence-corrected chi connectivity index (χ0v) is 7.31. The van der Waals surface area contributed by atoms with Crippen LogP contribution in [0.15, 0.2) is 0 Å². The Labute approximate surface area is 64.0 Å². The number of hydrogen-bond donors (Lipinski definition) is 1. The van der Waals surface area contributed by atoms with Gasteiger partial charge in [0, 0.05) is 19.2 Å². The fourth-order valence-electron chi connectivity index (χ4n) is 0.666. The van der Waals surface area contributed by atoms with Gasteiger partial charge in [-0.2, -0.15) is 0 Å². The smallest absolute Gasteiger partial charge is 0.0590 e. The summed E-state index contributed by atoms with van der Waals surface area (Å²) in [6.07, 6.45) is 1.11. The van der Waals surface area contributed by atoms with Crippen LogP contribution in [0.25, 0.3) is 0 Å². The summed E-state index contributed by atoms with van der Waals surface area (Å²) in [5.41, 5.74) is 0. The average molecular weight is 145 g/mol. The average Bonchev–Trinajstić information content (AvgIpc) is 1.87. The van der Waals surface area contributed by atoms with Crippen molar-refractivity contribution < 1.29 is 4.74 Å². The number of hydrogen-bond acceptors (Lipinski definition) is 2. The molecule has 2 nitrogen and oxygen atoms in total. The quantitative estimate of drug-likeness (QED) is 0.571. The summed E-state index contributed by atoms with van der Waals surface area (Å²) in [6, 6.07) is 0.574. The molecule has 0 aromatic rings. The Kier molecular flexibility index (Phi) is 6.98. The second kappa shape index (κ2) is 7.03. The van der Waals surface area contributed by atoms with Gasteiger partial charge in [-0.1, -0.05) is 20.8 Å². The Balaban J connectivity index is 2.77. The van der Waals surface area contributed by atoms with E-state index in [2.05, 4.69) is 26.1 Å². The van der Waals surface area contributed by atoms with E-state index >= 15 is 0 Å². The summed E-state index contributed by atoms with van der Waals surface area (Å²) in [6.45, 7) is 9.10. The molecule has 0 aromatic carbocycles. The Morgan fingerprint density at radius 1 is 1.30 bits per heavy atom. The van der Waals surface area contributed by atoms with E-state index in [0.717, 1.165) is 26.2 Å². The molecular formula is C8H19NO. The maximum Gasteiger partial charge on any atom is 0.0590 e. The molecule has 0 aliphatic heterocycles. The van der Waals surface area contributed by atoms with Crippen LogP contribution in [0.1, 0.15) is 27.2 Å². The van der Waals surface area contributed by atoms with Crippen LogP contribution in [0, 0.1) is 0 Å². The normalized spacial score (nSPS) is 10.8. The maximum absolute atomic E-state index is 5.27. The van der Waals surface area contributed by atoms with Gasteiger partial charge in [-0.15, -0.1) is 0 Å². The summed E-state index contributed by atoms with van der Waals surface area (Å²) in [5.74, 6) is 0. The first-order valence-electron chi connectivity index (χ1n) is 4.08. The highest BCUT2D eigenvalue weighted by Crippen LogP contribution is 1.79. The van der Waals surface area contributed by atoms with Gasteiger partial charge in [0.15, 0.2) is 0 Å². The molecule has 0 saturated heterocycles. The van der Waals surface area contributed by atoms with Crippen molar-refractivity contribution >= 4 is 0 Å². The molecule has 0 amide bonds. The molecule has 1 N–H and O–H groups in total. The summed E-state index contributed by atoms with van der Waals surface area (Å²) < 4.78 is 5.27. The molecule has 0 saturated carbocycles. The number of nitrogens with one attached hydrogen (secondary N) is 1. The first-order chi connectivity index (χ1) is 4.77. The van der Waals surface area contributed by atoms with Gasteiger partial charge in [-0.25, -0.2) is 0 Å². The highest BCUT2D eigenvalue weighted by Gasteiger charge is 1.89. The van der Waals surface area contributed by atoms with Crippen molar-refractivity contribution in [2.45, 2.75) is 33.2 Å². The molecule has 0 atom stereocenters. The SMILES string of the molecule is CCCOCCNC(C)C. The minimum Gasteiger partial charge on any atom is -0.380 e. The lowest BCUT2D eigenvalue weighted by Crippen LogP contribution is -2.26. The van der Waals surface area contributed by atoms with E-state index in [4.69, 9.17) is 4.74 Å². The fourth-order valence-corrected chi connectivity index (χ4v) is 0.666. The summed E-state index contributed by atoms with van der Waals surface area (Å²) in [4.78, 5) is 0. The fraction of sp³-hybridized carbons (Fsp3) is 1.00. The van der Waals surface area contributed by atoms with Crippen molar-refractivity contribution in [2.75, 3.05) is 19.8 Å². The van der Waals surface area contributed by atoms with E-state index in [1.807, 2.05) is 0 Å². The molecule has 0 fully saturated rings. The molecule has 0 bridgehead atoms. The third-order valence-electron chi connectivity index (χ3n) is 1.15. The molecule has 62 valence electrons. The monoisotopic (exact) mass is 145 g/mol. The molecule has 0 rings (SSSR count). The van der Waals surface area contributed by atoms with Crippen LogP contribution >= 0.6 is 0 Å². The zero-order valence-electron chi connectivity index (χ0n) is 7.31. The van der Waals surface area contributed by atoms with E-state index < -0.39 is 0 Å². The van der Waals surface area contributed by atoms with Crippen LogP contribution in [0.2, 0.25) is 0 Å². The van der Waals surface area contributed by atoms with Crippen molar-refractivity contribution in [3.63, 3.8) is 0 Å². The summed E-state index contributed by atoms with van der Waals surface area (Å²) in [5, 5.41) is 3.28. The predicted molar refractivity (Wildman–Crippen MR) is 44.2 cm³/mol. The van der Waals surface area contributed by atoms with Gasteiger partial charge >= 0.3 is 0 Å². The number of rotatable bonds is 6. The van der Waals surface area contributed by atoms with E-state index in [0.29, 0.717) is 6.04 Å². The highest BCUT2D eigenvalue weighted by molar-refractivity contribution is 4.50. The minimum absolute atomic E-state index is 0.574. The van der Waals surface area contributed by atoms with Gasteiger partial charge in [0.1, 0.15) is 0 Å². The number of ether oxygens (including phenoxy) is 1. The summed E-state index contributed by atoms with van der Waals surface area (Å²) in [7, 11) is 0. The standard InChI is InChI=1S/C8H19NO/c1-4-6-10-7-5-9-8(2)3/h8-9H,4-7H2,1-3H3. The van der Waals surface area contributed by atoms with Crippen LogP contribution in [0.4, 0.5) is 0 Å². The van der Waals surface area contributed by atoms with Gasteiger partial charge in [0.2, 0.25) is 0 Å². The largest absolute Gasteiger partial charge is 0.380 e. The van der Waals surface area contributed by atoms with E-state index in [-0.39, 0.29) is 0 Å². The molecular weight excluding hydrogens is 126 g/mol. The molecule has 2 heteroatoms. The Morgan fingerprint density at radius 2 is 2.00 bits per heavy atom. The second-order valence-electron chi connectivity index (χ2n) is 2.72. The van der Waals surface area contributed by atoms with Crippen LogP contribution in [-0.4, -0.2) is 25.8 Å². The minimum atomic E-state index is 0.574. The lowest BCUT2D eigenvalue weighted by molar-refractivity contribution is 0.135. The van der Waals surface area contributed by atoms with Crippen LogP contribution in [0.3, 0.4) is 0 Å². The Bertz CT molecular complexity index is 64.3. The van der Waals surface area contributed by atoms with Crippen LogP contribution in [0.5, 0.6) is 0 Å². The van der Waals surface area contributed by atoms with Gasteiger partial charge in [-0.05, 0) is 6.42 Å². The van der Waals surface area contributed by atoms with Crippen molar-refractivity contribution in [1.82, 2.24) is 5.32 Å². The molecule has 0 aliphatic carbocycles. The second-order valence-corrected chi connectivity index (χ2v) is 2.72. The van der Waals surface area contributed by atoms with Crippen LogP contribution in [-0.2, 0) is 4.74 Å². The summed E-state index contributed by atoms with van der Waals surface area (Å²) >= 11 is 0. The van der Waals surface area contributed by atoms with Crippen molar-refractivity contribution in [3.05, 3.63) is 0 Å². The van der Waals surface area contributed by atoms with Crippen molar-refractivity contribution in [2.24, 2.45) is 0 Å². The lowest BCUT2D eigenvalue weighted by atomic mass is 10.4. The molecule has 0 aromatic heterocycles. The third-order valence-corrected chi connectivity index (χ3v) is 1.15. The Hall–Kier alpha value is -0.0800. The van der Waals surface area contributed by atoms with Gasteiger partial charge in [0.25, 0.3) is 0 Å². The molecule has 0 spiro atoms. The molecule has 0 aliphatic rings. The van der Waals surface area contributed by atoms with E-state index in [1.54, 1.807) is 0 Å². The topological polar surface area (TPSA) is 21.3 Å².